The zero-order valence-electron chi connectivity index (χ0n) is 18.2. The molecule has 0 N–H and O–H groups in total. The number of fused-ring (bicyclic) bond motifs is 1. The second kappa shape index (κ2) is 11.6. The molecule has 31 heavy (non-hydrogen) atoms. The molecule has 0 amide bonds. The number of benzene rings is 2. The Kier molecular flexibility index (Phi) is 8.85. The molecule has 2 aromatic rings. The summed E-state index contributed by atoms with van der Waals surface area (Å²) in [5.74, 6) is 2.87. The van der Waals surface area contributed by atoms with Gasteiger partial charge in [-0.3, -0.25) is 0 Å². The number of hydrogen-bond donors (Lipinski definition) is 0. The number of halogens is 2. The maximum atomic E-state index is 13.4. The first-order chi connectivity index (χ1) is 14.7. The van der Waals surface area contributed by atoms with E-state index >= 15 is 0 Å². The molecule has 4 rings (SSSR count). The fourth-order valence-corrected chi connectivity index (χ4v) is 4.56. The molecule has 0 spiro atoms. The summed E-state index contributed by atoms with van der Waals surface area (Å²) in [6.07, 6.45) is 6.20. The minimum atomic E-state index is -0.180. The molecule has 2 aromatic carbocycles. The molecular formula is C25H33ClFNO3. The van der Waals surface area contributed by atoms with Crippen LogP contribution in [0.1, 0.15) is 50.5 Å². The molecule has 2 aliphatic rings. The highest BCUT2D eigenvalue weighted by Gasteiger charge is 2.31. The Hall–Kier alpha value is -1.98. The van der Waals surface area contributed by atoms with Gasteiger partial charge in [-0.25, -0.2) is 4.39 Å². The summed E-state index contributed by atoms with van der Waals surface area (Å²) in [6.45, 7) is 6.40. The maximum Gasteiger partial charge on any atom is 0.231 e. The van der Waals surface area contributed by atoms with Gasteiger partial charge in [0.25, 0.3) is 0 Å². The molecule has 170 valence electrons. The molecule has 2 aliphatic heterocycles. The molecule has 2 atom stereocenters. The van der Waals surface area contributed by atoms with Crippen LogP contribution in [0.5, 0.6) is 17.2 Å². The Labute approximate surface area is 191 Å². The van der Waals surface area contributed by atoms with Crippen molar-refractivity contribution < 1.29 is 18.6 Å². The van der Waals surface area contributed by atoms with Crippen molar-refractivity contribution in [2.75, 3.05) is 33.0 Å². The Balaban J connectivity index is 0.00000272. The van der Waals surface area contributed by atoms with Crippen LogP contribution in [0.4, 0.5) is 4.39 Å². The van der Waals surface area contributed by atoms with Crippen molar-refractivity contribution >= 4 is 12.4 Å². The van der Waals surface area contributed by atoms with E-state index in [1.165, 1.54) is 31.2 Å². The predicted octanol–water partition coefficient (Wildman–Crippen LogP) is 6.04. The lowest BCUT2D eigenvalue weighted by Gasteiger charge is -2.39. The lowest BCUT2D eigenvalue weighted by atomic mass is 9.80. The summed E-state index contributed by atoms with van der Waals surface area (Å²) in [7, 11) is 0. The second-order valence-corrected chi connectivity index (χ2v) is 8.39. The van der Waals surface area contributed by atoms with Crippen molar-refractivity contribution in [1.82, 2.24) is 4.90 Å². The van der Waals surface area contributed by atoms with Crippen molar-refractivity contribution in [2.45, 2.75) is 44.9 Å². The van der Waals surface area contributed by atoms with Crippen LogP contribution in [0.25, 0.3) is 0 Å². The first-order valence-electron chi connectivity index (χ1n) is 11.2. The summed E-state index contributed by atoms with van der Waals surface area (Å²) in [6, 6.07) is 12.8. The minimum Gasteiger partial charge on any atom is -0.493 e. The predicted molar refractivity (Wildman–Crippen MR) is 123 cm³/mol. The molecule has 2 heterocycles. The smallest absolute Gasteiger partial charge is 0.231 e. The molecule has 1 fully saturated rings. The van der Waals surface area contributed by atoms with Gasteiger partial charge in [-0.2, -0.15) is 0 Å². The highest BCUT2D eigenvalue weighted by molar-refractivity contribution is 5.85. The number of ether oxygens (including phenoxy) is 3. The third kappa shape index (κ3) is 6.27. The molecule has 4 nitrogen and oxygen atoms in total. The van der Waals surface area contributed by atoms with Crippen molar-refractivity contribution in [3.8, 4) is 17.2 Å². The van der Waals surface area contributed by atoms with E-state index in [0.29, 0.717) is 18.4 Å². The van der Waals surface area contributed by atoms with Crippen LogP contribution in [-0.4, -0.2) is 37.9 Å². The standard InChI is InChI=1S/C25H32FNO3.ClH/c1-2-3-4-5-13-27-14-12-23(19-6-8-21(26)9-7-19)20(16-27)17-28-22-10-11-24-25(15-22)30-18-29-24;/h6-11,15,20,23H,2-5,12-14,16-18H2,1H3;1H/t20-,23-;/m0./s1. The molecule has 1 saturated heterocycles. The number of unbranched alkanes of at least 4 members (excludes halogenated alkanes) is 3. The van der Waals surface area contributed by atoms with Crippen LogP contribution in [-0.2, 0) is 0 Å². The largest absolute Gasteiger partial charge is 0.493 e. The summed E-state index contributed by atoms with van der Waals surface area (Å²) in [5, 5.41) is 0. The van der Waals surface area contributed by atoms with E-state index < -0.39 is 0 Å². The van der Waals surface area contributed by atoms with E-state index in [9.17, 15) is 4.39 Å². The Morgan fingerprint density at radius 3 is 2.65 bits per heavy atom. The van der Waals surface area contributed by atoms with Gasteiger partial charge in [-0.15, -0.1) is 12.4 Å². The van der Waals surface area contributed by atoms with Crippen LogP contribution in [0, 0.1) is 11.7 Å². The highest BCUT2D eigenvalue weighted by Crippen LogP contribution is 2.37. The van der Waals surface area contributed by atoms with Crippen molar-refractivity contribution in [3.05, 3.63) is 53.8 Å². The van der Waals surface area contributed by atoms with E-state index in [1.807, 2.05) is 30.3 Å². The monoisotopic (exact) mass is 449 g/mol. The number of nitrogens with zero attached hydrogens (tertiary/aromatic N) is 1. The average molecular weight is 450 g/mol. The van der Waals surface area contributed by atoms with Gasteiger partial charge in [-0.1, -0.05) is 38.3 Å². The van der Waals surface area contributed by atoms with E-state index in [4.69, 9.17) is 14.2 Å². The van der Waals surface area contributed by atoms with Gasteiger partial charge in [0, 0.05) is 18.5 Å². The van der Waals surface area contributed by atoms with Crippen molar-refractivity contribution in [3.63, 3.8) is 0 Å². The fraction of sp³-hybridized carbons (Fsp3) is 0.520. The summed E-state index contributed by atoms with van der Waals surface area (Å²) in [5.41, 5.74) is 1.21. The van der Waals surface area contributed by atoms with Gasteiger partial charge in [-0.05, 0) is 61.7 Å². The van der Waals surface area contributed by atoms with Crippen LogP contribution in [0.3, 0.4) is 0 Å². The van der Waals surface area contributed by atoms with E-state index in [1.54, 1.807) is 12.1 Å². The third-order valence-electron chi connectivity index (χ3n) is 6.25. The quantitative estimate of drug-likeness (QED) is 0.436. The fourth-order valence-electron chi connectivity index (χ4n) is 4.56. The minimum absolute atomic E-state index is 0. The van der Waals surface area contributed by atoms with E-state index in [2.05, 4.69) is 11.8 Å². The maximum absolute atomic E-state index is 13.4. The Morgan fingerprint density at radius 2 is 1.84 bits per heavy atom. The van der Waals surface area contributed by atoms with Gasteiger partial charge in [0.05, 0.1) is 6.61 Å². The molecular weight excluding hydrogens is 417 g/mol. The summed E-state index contributed by atoms with van der Waals surface area (Å²) in [4.78, 5) is 2.57. The van der Waals surface area contributed by atoms with E-state index in [0.717, 1.165) is 43.3 Å². The van der Waals surface area contributed by atoms with Crippen LogP contribution < -0.4 is 14.2 Å². The van der Waals surface area contributed by atoms with Crippen LogP contribution in [0.2, 0.25) is 0 Å². The number of hydrogen-bond acceptors (Lipinski definition) is 4. The Bertz CT molecular complexity index is 817. The highest BCUT2D eigenvalue weighted by atomic mass is 35.5. The molecule has 0 unspecified atom stereocenters. The second-order valence-electron chi connectivity index (χ2n) is 8.39. The zero-order valence-corrected chi connectivity index (χ0v) is 19.0. The molecule has 0 saturated carbocycles. The zero-order chi connectivity index (χ0) is 20.8. The van der Waals surface area contributed by atoms with Gasteiger partial charge >= 0.3 is 0 Å². The molecule has 0 aromatic heterocycles. The third-order valence-corrected chi connectivity index (χ3v) is 6.25. The van der Waals surface area contributed by atoms with E-state index in [-0.39, 0.29) is 25.0 Å². The first kappa shape index (κ1) is 23.7. The molecule has 0 aliphatic carbocycles. The van der Waals surface area contributed by atoms with Gasteiger partial charge in [0.1, 0.15) is 11.6 Å². The van der Waals surface area contributed by atoms with Crippen molar-refractivity contribution in [2.24, 2.45) is 5.92 Å². The topological polar surface area (TPSA) is 30.9 Å². The molecule has 0 radical (unpaired) electrons. The van der Waals surface area contributed by atoms with Crippen molar-refractivity contribution in [1.29, 1.82) is 0 Å². The SMILES string of the molecule is CCCCCCN1CC[C@@H](c2ccc(F)cc2)[C@H](COc2ccc3c(c2)OCO3)C1.Cl. The Morgan fingerprint density at radius 1 is 1.03 bits per heavy atom. The lowest BCUT2D eigenvalue weighted by molar-refractivity contribution is 0.109. The van der Waals surface area contributed by atoms with Gasteiger partial charge in [0.2, 0.25) is 6.79 Å². The normalized spacial score (nSPS) is 20.3. The van der Waals surface area contributed by atoms with Crippen LogP contribution >= 0.6 is 12.4 Å². The number of likely N-dealkylation sites (tertiary alicyclic amines) is 1. The van der Waals surface area contributed by atoms with Crippen LogP contribution in [0.15, 0.2) is 42.5 Å². The molecule has 0 bridgehead atoms. The first-order valence-corrected chi connectivity index (χ1v) is 11.2. The van der Waals surface area contributed by atoms with Gasteiger partial charge in [0.15, 0.2) is 11.5 Å². The molecule has 6 heteroatoms. The average Bonchev–Trinajstić information content (AvgIpc) is 3.24. The van der Waals surface area contributed by atoms with Gasteiger partial charge < -0.3 is 19.1 Å². The summed E-state index contributed by atoms with van der Waals surface area (Å²) < 4.78 is 30.5. The number of rotatable bonds is 9. The lowest BCUT2D eigenvalue weighted by Crippen LogP contribution is -2.42. The summed E-state index contributed by atoms with van der Waals surface area (Å²) >= 11 is 0. The number of piperidine rings is 1.